The highest BCUT2D eigenvalue weighted by molar-refractivity contribution is 5.97. The van der Waals surface area contributed by atoms with Gasteiger partial charge in [-0.3, -0.25) is 4.79 Å². The van der Waals surface area contributed by atoms with E-state index in [1.807, 2.05) is 24.5 Å². The third-order valence-electron chi connectivity index (χ3n) is 3.91. The SMILES string of the molecule is CC(C)n1cnc2cc(C(=O)NCC3CCCO3)ccc21. The number of hydrogen-bond acceptors (Lipinski definition) is 3. The van der Waals surface area contributed by atoms with E-state index in [1.54, 1.807) is 0 Å². The molecule has 1 aromatic carbocycles. The van der Waals surface area contributed by atoms with Crippen molar-refractivity contribution < 1.29 is 9.53 Å². The van der Waals surface area contributed by atoms with Crippen molar-refractivity contribution in [3.63, 3.8) is 0 Å². The zero-order chi connectivity index (χ0) is 14.8. The largest absolute Gasteiger partial charge is 0.376 e. The molecule has 1 fully saturated rings. The van der Waals surface area contributed by atoms with Gasteiger partial charge in [-0.1, -0.05) is 0 Å². The van der Waals surface area contributed by atoms with Gasteiger partial charge in [0.05, 0.1) is 23.5 Å². The number of imidazole rings is 1. The Kier molecular flexibility index (Phi) is 3.92. The molecule has 5 nitrogen and oxygen atoms in total. The van der Waals surface area contributed by atoms with E-state index >= 15 is 0 Å². The molecular weight excluding hydrogens is 266 g/mol. The maximum atomic E-state index is 12.2. The van der Waals surface area contributed by atoms with Crippen molar-refractivity contribution in [2.24, 2.45) is 0 Å². The second-order valence-corrected chi connectivity index (χ2v) is 5.79. The van der Waals surface area contributed by atoms with Crippen LogP contribution < -0.4 is 5.32 Å². The molecule has 1 unspecified atom stereocenters. The molecule has 1 atom stereocenters. The van der Waals surface area contributed by atoms with Crippen LogP contribution in [0.5, 0.6) is 0 Å². The lowest BCUT2D eigenvalue weighted by Crippen LogP contribution is -2.31. The number of carbonyl (C=O) groups excluding carboxylic acids is 1. The lowest BCUT2D eigenvalue weighted by molar-refractivity contribution is 0.0858. The van der Waals surface area contributed by atoms with Crippen LogP contribution >= 0.6 is 0 Å². The fraction of sp³-hybridized carbons (Fsp3) is 0.500. The van der Waals surface area contributed by atoms with Gasteiger partial charge in [0.2, 0.25) is 0 Å². The van der Waals surface area contributed by atoms with Gasteiger partial charge in [0.25, 0.3) is 5.91 Å². The number of benzene rings is 1. The lowest BCUT2D eigenvalue weighted by Gasteiger charge is -2.11. The Bertz CT molecular complexity index is 642. The van der Waals surface area contributed by atoms with E-state index in [0.29, 0.717) is 18.2 Å². The number of fused-ring (bicyclic) bond motifs is 1. The molecule has 1 saturated heterocycles. The number of amides is 1. The molecule has 3 rings (SSSR count). The van der Waals surface area contributed by atoms with Gasteiger partial charge in [-0.2, -0.15) is 0 Å². The standard InChI is InChI=1S/C16H21N3O2/c1-11(2)19-10-18-14-8-12(5-6-15(14)19)16(20)17-9-13-4-3-7-21-13/h5-6,8,10-11,13H,3-4,7,9H2,1-2H3,(H,17,20). The minimum atomic E-state index is -0.0634. The quantitative estimate of drug-likeness (QED) is 0.940. The van der Waals surface area contributed by atoms with E-state index in [9.17, 15) is 4.79 Å². The highest BCUT2D eigenvalue weighted by Crippen LogP contribution is 2.19. The molecule has 0 aliphatic carbocycles. The van der Waals surface area contributed by atoms with Gasteiger partial charge in [-0.05, 0) is 44.9 Å². The van der Waals surface area contributed by atoms with E-state index in [1.165, 1.54) is 0 Å². The number of carbonyl (C=O) groups is 1. The number of ether oxygens (including phenoxy) is 1. The Labute approximate surface area is 124 Å². The van der Waals surface area contributed by atoms with Crippen molar-refractivity contribution in [1.29, 1.82) is 0 Å². The topological polar surface area (TPSA) is 56.2 Å². The Hall–Kier alpha value is -1.88. The van der Waals surface area contributed by atoms with E-state index < -0.39 is 0 Å². The third kappa shape index (κ3) is 2.93. The Morgan fingerprint density at radius 1 is 1.52 bits per heavy atom. The molecule has 1 aliphatic heterocycles. The van der Waals surface area contributed by atoms with Crippen molar-refractivity contribution in [2.45, 2.75) is 38.8 Å². The van der Waals surface area contributed by atoms with E-state index in [-0.39, 0.29) is 12.0 Å². The highest BCUT2D eigenvalue weighted by Gasteiger charge is 2.17. The minimum Gasteiger partial charge on any atom is -0.376 e. The van der Waals surface area contributed by atoms with Crippen LogP contribution in [0.3, 0.4) is 0 Å². The summed E-state index contributed by atoms with van der Waals surface area (Å²) >= 11 is 0. The fourth-order valence-electron chi connectivity index (χ4n) is 2.70. The number of aromatic nitrogens is 2. The first-order chi connectivity index (χ1) is 10.1. The maximum absolute atomic E-state index is 12.2. The predicted octanol–water partition coefficient (Wildman–Crippen LogP) is 2.53. The first-order valence-corrected chi connectivity index (χ1v) is 7.51. The van der Waals surface area contributed by atoms with Crippen LogP contribution in [0.25, 0.3) is 11.0 Å². The van der Waals surface area contributed by atoms with Crippen LogP contribution in [0.2, 0.25) is 0 Å². The van der Waals surface area contributed by atoms with Gasteiger partial charge in [0, 0.05) is 24.8 Å². The molecule has 1 N–H and O–H groups in total. The normalized spacial score (nSPS) is 18.5. The van der Waals surface area contributed by atoms with Crippen molar-refractivity contribution in [3.05, 3.63) is 30.1 Å². The second kappa shape index (κ2) is 5.85. The Balaban J connectivity index is 1.72. The van der Waals surface area contributed by atoms with Crippen LogP contribution in [-0.2, 0) is 4.74 Å². The number of rotatable bonds is 4. The van der Waals surface area contributed by atoms with E-state index in [4.69, 9.17) is 4.74 Å². The van der Waals surface area contributed by atoms with E-state index in [0.717, 1.165) is 30.5 Å². The molecule has 0 saturated carbocycles. The molecule has 2 heterocycles. The molecular formula is C16H21N3O2. The van der Waals surface area contributed by atoms with Crippen molar-refractivity contribution in [2.75, 3.05) is 13.2 Å². The van der Waals surface area contributed by atoms with Crippen molar-refractivity contribution in [1.82, 2.24) is 14.9 Å². The number of hydrogen-bond donors (Lipinski definition) is 1. The highest BCUT2D eigenvalue weighted by atomic mass is 16.5. The van der Waals surface area contributed by atoms with Crippen molar-refractivity contribution in [3.8, 4) is 0 Å². The molecule has 1 aromatic heterocycles. The molecule has 0 radical (unpaired) electrons. The number of nitrogens with zero attached hydrogens (tertiary/aromatic N) is 2. The van der Waals surface area contributed by atoms with Gasteiger partial charge in [0.1, 0.15) is 0 Å². The first kappa shape index (κ1) is 14.1. The fourth-order valence-corrected chi connectivity index (χ4v) is 2.70. The van der Waals surface area contributed by atoms with Crippen LogP contribution in [-0.4, -0.2) is 34.7 Å². The second-order valence-electron chi connectivity index (χ2n) is 5.79. The number of nitrogens with one attached hydrogen (secondary N) is 1. The van der Waals surface area contributed by atoms with Crippen molar-refractivity contribution >= 4 is 16.9 Å². The summed E-state index contributed by atoms with van der Waals surface area (Å²) in [6.45, 7) is 5.61. The molecule has 112 valence electrons. The molecule has 21 heavy (non-hydrogen) atoms. The minimum absolute atomic E-state index is 0.0634. The van der Waals surface area contributed by atoms with Gasteiger partial charge in [-0.25, -0.2) is 4.98 Å². The average Bonchev–Trinajstić information content (AvgIpc) is 3.13. The molecule has 1 aliphatic rings. The predicted molar refractivity (Wildman–Crippen MR) is 81.4 cm³/mol. The molecule has 0 spiro atoms. The van der Waals surface area contributed by atoms with Gasteiger partial charge in [-0.15, -0.1) is 0 Å². The Morgan fingerprint density at radius 2 is 2.38 bits per heavy atom. The molecule has 1 amide bonds. The molecule has 5 heteroatoms. The summed E-state index contributed by atoms with van der Waals surface area (Å²) in [5, 5.41) is 2.94. The van der Waals surface area contributed by atoms with Crippen LogP contribution in [0.15, 0.2) is 24.5 Å². The van der Waals surface area contributed by atoms with Gasteiger partial charge >= 0.3 is 0 Å². The zero-order valence-electron chi connectivity index (χ0n) is 12.5. The summed E-state index contributed by atoms with van der Waals surface area (Å²) in [4.78, 5) is 16.6. The summed E-state index contributed by atoms with van der Waals surface area (Å²) in [6, 6.07) is 6.02. The maximum Gasteiger partial charge on any atom is 0.251 e. The summed E-state index contributed by atoms with van der Waals surface area (Å²) in [6.07, 6.45) is 4.10. The van der Waals surface area contributed by atoms with E-state index in [2.05, 4.69) is 28.7 Å². The first-order valence-electron chi connectivity index (χ1n) is 7.51. The van der Waals surface area contributed by atoms with Crippen LogP contribution in [0, 0.1) is 0 Å². The zero-order valence-corrected chi connectivity index (χ0v) is 12.5. The molecule has 2 aromatic rings. The summed E-state index contributed by atoms with van der Waals surface area (Å²) in [5.41, 5.74) is 2.56. The summed E-state index contributed by atoms with van der Waals surface area (Å²) < 4.78 is 7.61. The Morgan fingerprint density at radius 3 is 3.10 bits per heavy atom. The average molecular weight is 287 g/mol. The van der Waals surface area contributed by atoms with Crippen LogP contribution in [0.1, 0.15) is 43.1 Å². The van der Waals surface area contributed by atoms with Gasteiger partial charge < -0.3 is 14.6 Å². The monoisotopic (exact) mass is 287 g/mol. The van der Waals surface area contributed by atoms with Crippen LogP contribution in [0.4, 0.5) is 0 Å². The summed E-state index contributed by atoms with van der Waals surface area (Å²) in [7, 11) is 0. The molecule has 0 bridgehead atoms. The lowest BCUT2D eigenvalue weighted by atomic mass is 10.1. The summed E-state index contributed by atoms with van der Waals surface area (Å²) in [5.74, 6) is -0.0634. The smallest absolute Gasteiger partial charge is 0.251 e. The van der Waals surface area contributed by atoms with Gasteiger partial charge in [0.15, 0.2) is 0 Å². The third-order valence-corrected chi connectivity index (χ3v) is 3.91.